The van der Waals surface area contributed by atoms with Crippen molar-refractivity contribution in [2.45, 2.75) is 13.5 Å². The first-order valence-electron chi connectivity index (χ1n) is 7.22. The van der Waals surface area contributed by atoms with Crippen LogP contribution in [0.5, 0.6) is 0 Å². The van der Waals surface area contributed by atoms with Gasteiger partial charge in [-0.05, 0) is 30.8 Å². The van der Waals surface area contributed by atoms with E-state index in [4.69, 9.17) is 0 Å². The molecule has 0 atom stereocenters. The number of benzene rings is 1. The van der Waals surface area contributed by atoms with E-state index < -0.39 is 0 Å². The maximum absolute atomic E-state index is 10.4. The van der Waals surface area contributed by atoms with E-state index in [9.17, 15) is 4.79 Å². The molecule has 1 aromatic carbocycles. The van der Waals surface area contributed by atoms with Crippen molar-refractivity contribution in [1.29, 1.82) is 0 Å². The largest absolute Gasteiger partial charge is 0.649 e. The Kier molecular flexibility index (Phi) is 9.20. The number of hydrogen-bond donors (Lipinski definition) is 0. The summed E-state index contributed by atoms with van der Waals surface area (Å²) >= 11 is 0. The molecule has 5 heteroatoms. The van der Waals surface area contributed by atoms with Crippen LogP contribution < -0.4 is 0 Å². The van der Waals surface area contributed by atoms with Crippen LogP contribution in [-0.2, 0) is 31.4 Å². The van der Waals surface area contributed by atoms with Gasteiger partial charge in [0.05, 0.1) is 0 Å². The van der Waals surface area contributed by atoms with Crippen molar-refractivity contribution in [2.24, 2.45) is 0 Å². The second kappa shape index (κ2) is 11.2. The first-order chi connectivity index (χ1) is 11.3. The number of nitrogens with zero attached hydrogens (tertiary/aromatic N) is 3. The zero-order valence-electron chi connectivity index (χ0n) is 13.2. The summed E-state index contributed by atoms with van der Waals surface area (Å²) in [6.45, 7) is 1.82. The molecule has 125 valence electrons. The predicted octanol–water partition coefficient (Wildman–Crippen LogP) is 4.05. The Morgan fingerprint density at radius 1 is 1.00 bits per heavy atom. The Bertz CT molecular complexity index is 669. The molecular formula is C19H17IrN3O-2. The van der Waals surface area contributed by atoms with Gasteiger partial charge in [0.25, 0.3) is 0 Å². The SMILES string of the molecule is CC(=O)[N-]Cc1ccccn1.[Ir].[c-]1ccccc1-c1ccccn1. The quantitative estimate of drug-likeness (QED) is 0.516. The second-order valence-electron chi connectivity index (χ2n) is 4.65. The van der Waals surface area contributed by atoms with Gasteiger partial charge in [0, 0.05) is 44.1 Å². The molecule has 1 radical (unpaired) electrons. The van der Waals surface area contributed by atoms with E-state index in [0.717, 1.165) is 17.0 Å². The molecule has 2 heterocycles. The number of amides is 1. The fourth-order valence-corrected chi connectivity index (χ4v) is 1.76. The van der Waals surface area contributed by atoms with Gasteiger partial charge in [0.15, 0.2) is 0 Å². The molecule has 4 nitrogen and oxygen atoms in total. The number of hydrogen-bond acceptors (Lipinski definition) is 3. The predicted molar refractivity (Wildman–Crippen MR) is 90.5 cm³/mol. The number of carbonyl (C=O) groups is 1. The molecule has 0 saturated heterocycles. The van der Waals surface area contributed by atoms with E-state index in [1.165, 1.54) is 6.92 Å². The minimum Gasteiger partial charge on any atom is -0.649 e. The van der Waals surface area contributed by atoms with Crippen molar-refractivity contribution in [3.63, 3.8) is 0 Å². The average molecular weight is 496 g/mol. The molecule has 0 bridgehead atoms. The van der Waals surface area contributed by atoms with Crippen LogP contribution in [0.15, 0.2) is 73.1 Å². The van der Waals surface area contributed by atoms with E-state index in [2.05, 4.69) is 21.4 Å². The Morgan fingerprint density at radius 3 is 2.25 bits per heavy atom. The molecule has 2 aromatic heterocycles. The van der Waals surface area contributed by atoms with Crippen molar-refractivity contribution >= 4 is 5.91 Å². The number of pyridine rings is 2. The van der Waals surface area contributed by atoms with Gasteiger partial charge in [0.2, 0.25) is 0 Å². The fourth-order valence-electron chi connectivity index (χ4n) is 1.76. The van der Waals surface area contributed by atoms with E-state index in [0.29, 0.717) is 6.54 Å². The van der Waals surface area contributed by atoms with Gasteiger partial charge in [-0.1, -0.05) is 24.7 Å². The van der Waals surface area contributed by atoms with Crippen molar-refractivity contribution in [3.8, 4) is 11.3 Å². The third kappa shape index (κ3) is 7.27. The minimum atomic E-state index is -0.157. The first-order valence-corrected chi connectivity index (χ1v) is 7.22. The van der Waals surface area contributed by atoms with Crippen LogP contribution in [-0.4, -0.2) is 15.9 Å². The Labute approximate surface area is 155 Å². The monoisotopic (exact) mass is 496 g/mol. The van der Waals surface area contributed by atoms with Crippen molar-refractivity contribution in [2.75, 3.05) is 0 Å². The number of rotatable bonds is 3. The normalized spacial score (nSPS) is 9.04. The Morgan fingerprint density at radius 2 is 1.71 bits per heavy atom. The molecule has 0 saturated carbocycles. The molecule has 24 heavy (non-hydrogen) atoms. The minimum absolute atomic E-state index is 0. The molecule has 0 aliphatic heterocycles. The molecule has 0 N–H and O–H groups in total. The Hall–Kier alpha value is -2.36. The molecule has 0 spiro atoms. The maximum atomic E-state index is 10.4. The molecule has 1 amide bonds. The smallest absolute Gasteiger partial charge is 0.0482 e. The van der Waals surface area contributed by atoms with Gasteiger partial charge in [0.1, 0.15) is 0 Å². The summed E-state index contributed by atoms with van der Waals surface area (Å²) in [5, 5.41) is 3.69. The van der Waals surface area contributed by atoms with E-state index in [-0.39, 0.29) is 26.0 Å². The maximum Gasteiger partial charge on any atom is 0.0482 e. The zero-order valence-corrected chi connectivity index (χ0v) is 15.6. The molecule has 0 unspecified atom stereocenters. The van der Waals surface area contributed by atoms with Gasteiger partial charge >= 0.3 is 0 Å². The summed E-state index contributed by atoms with van der Waals surface area (Å²) in [6.07, 6.45) is 3.47. The van der Waals surface area contributed by atoms with Crippen molar-refractivity contribution in [1.82, 2.24) is 9.97 Å². The second-order valence-corrected chi connectivity index (χ2v) is 4.65. The number of aromatic nitrogens is 2. The topological polar surface area (TPSA) is 57.0 Å². The van der Waals surface area contributed by atoms with Crippen LogP contribution in [0.1, 0.15) is 12.6 Å². The molecule has 3 rings (SSSR count). The number of carbonyl (C=O) groups excluding carboxylic acids is 1. The van der Waals surface area contributed by atoms with Crippen molar-refractivity contribution < 1.29 is 24.9 Å². The average Bonchev–Trinajstić information content (AvgIpc) is 2.63. The van der Waals surface area contributed by atoms with Gasteiger partial charge in [-0.25, -0.2) is 0 Å². The van der Waals surface area contributed by atoms with E-state index >= 15 is 0 Å². The third-order valence-corrected chi connectivity index (χ3v) is 2.84. The summed E-state index contributed by atoms with van der Waals surface area (Å²) < 4.78 is 0. The zero-order chi connectivity index (χ0) is 16.3. The van der Waals surface area contributed by atoms with E-state index in [1.807, 2.05) is 60.7 Å². The summed E-state index contributed by atoms with van der Waals surface area (Å²) in [4.78, 5) is 18.6. The van der Waals surface area contributed by atoms with Crippen LogP contribution in [0, 0.1) is 6.07 Å². The molecule has 0 aliphatic carbocycles. The van der Waals surface area contributed by atoms with Crippen LogP contribution in [0.3, 0.4) is 0 Å². The van der Waals surface area contributed by atoms with Crippen LogP contribution in [0.2, 0.25) is 0 Å². The van der Waals surface area contributed by atoms with Gasteiger partial charge in [-0.3, -0.25) is 4.98 Å². The molecule has 3 aromatic rings. The van der Waals surface area contributed by atoms with Crippen LogP contribution >= 0.6 is 0 Å². The van der Waals surface area contributed by atoms with E-state index in [1.54, 1.807) is 12.4 Å². The van der Waals surface area contributed by atoms with Crippen molar-refractivity contribution in [3.05, 3.63) is 90.1 Å². The third-order valence-electron chi connectivity index (χ3n) is 2.84. The van der Waals surface area contributed by atoms with Gasteiger partial charge < -0.3 is 15.1 Å². The summed E-state index contributed by atoms with van der Waals surface area (Å²) in [6, 6.07) is 22.4. The van der Waals surface area contributed by atoms with Crippen LogP contribution in [0.25, 0.3) is 16.6 Å². The Balaban J connectivity index is 0.000000232. The standard InChI is InChI=1S/C11H8N.C8H10N2O.Ir/c1-2-6-10(7-3-1)11-8-4-5-9-12-11;1-7(11)10-6-8-4-2-3-5-9-8;/h1-6,8-9H;2-5H,6H2,1H3,(H,10,11);/q-1;;/p-1. The summed E-state index contributed by atoms with van der Waals surface area (Å²) in [5.74, 6) is -0.157. The molecule has 0 fully saturated rings. The van der Waals surface area contributed by atoms with Crippen LogP contribution in [0.4, 0.5) is 0 Å². The van der Waals surface area contributed by atoms with Gasteiger partial charge in [-0.15, -0.1) is 35.9 Å². The first kappa shape index (κ1) is 19.7. The molecular weight excluding hydrogens is 478 g/mol. The van der Waals surface area contributed by atoms with Gasteiger partial charge in [-0.2, -0.15) is 0 Å². The summed E-state index contributed by atoms with van der Waals surface area (Å²) in [7, 11) is 0. The summed E-state index contributed by atoms with van der Waals surface area (Å²) in [5.41, 5.74) is 2.83. The molecule has 0 aliphatic rings. The fraction of sp³-hybridized carbons (Fsp3) is 0.105.